The fraction of sp³-hybridized carbons (Fsp3) is 0.188. The number of halogens is 1. The average Bonchev–Trinajstić information content (AvgIpc) is 2.55. The van der Waals surface area contributed by atoms with E-state index in [1.54, 1.807) is 24.3 Å². The first kappa shape index (κ1) is 18.4. The van der Waals surface area contributed by atoms with Crippen LogP contribution in [0, 0.1) is 0 Å². The van der Waals surface area contributed by atoms with Crippen LogP contribution < -0.4 is 10.1 Å². The van der Waals surface area contributed by atoms with Crippen molar-refractivity contribution >= 4 is 37.5 Å². The molecule has 0 radical (unpaired) electrons. The molecule has 0 saturated carbocycles. The topological polar surface area (TPSA) is 75.7 Å². The summed E-state index contributed by atoms with van der Waals surface area (Å²) in [5.41, 5.74) is 0.731. The van der Waals surface area contributed by atoms with Crippen molar-refractivity contribution in [1.29, 1.82) is 0 Å². The third-order valence-electron chi connectivity index (χ3n) is 3.30. The van der Waals surface area contributed by atoms with Crippen molar-refractivity contribution in [2.24, 2.45) is 0 Å². The first-order valence-corrected chi connectivity index (χ1v) is 9.16. The Morgan fingerprint density at radius 1 is 1.12 bits per heavy atom. The van der Waals surface area contributed by atoms with Gasteiger partial charge in [0, 0.05) is 24.1 Å². The molecule has 1 amide bonds. The summed E-state index contributed by atoms with van der Waals surface area (Å²) in [4.78, 5) is 12.4. The highest BCUT2D eigenvalue weighted by Crippen LogP contribution is 2.29. The molecule has 0 atom stereocenters. The average molecular weight is 413 g/mol. The molecule has 0 spiro atoms. The highest BCUT2D eigenvalue weighted by atomic mass is 79.9. The van der Waals surface area contributed by atoms with Gasteiger partial charge in [-0.3, -0.25) is 4.79 Å². The van der Waals surface area contributed by atoms with Crippen LogP contribution in [0.25, 0.3) is 0 Å². The van der Waals surface area contributed by atoms with E-state index in [9.17, 15) is 13.2 Å². The van der Waals surface area contributed by atoms with Crippen LogP contribution in [0.4, 0.5) is 5.69 Å². The summed E-state index contributed by atoms with van der Waals surface area (Å²) >= 11 is 3.31. The van der Waals surface area contributed by atoms with Gasteiger partial charge in [0.1, 0.15) is 5.75 Å². The molecule has 8 heteroatoms. The maximum absolute atomic E-state index is 12.3. The Labute approximate surface area is 149 Å². The summed E-state index contributed by atoms with van der Waals surface area (Å²) in [5, 5.41) is 2.69. The van der Waals surface area contributed by atoms with Crippen molar-refractivity contribution in [2.75, 3.05) is 26.5 Å². The van der Waals surface area contributed by atoms with Gasteiger partial charge >= 0.3 is 0 Å². The third kappa shape index (κ3) is 3.95. The summed E-state index contributed by atoms with van der Waals surface area (Å²) in [5.74, 6) is 0.0124. The van der Waals surface area contributed by atoms with Gasteiger partial charge in [0.25, 0.3) is 5.91 Å². The SMILES string of the molecule is COc1ccc(S(=O)(=O)N(C)C)cc1NC(=O)c1ccc(Br)cc1. The Kier molecular flexibility index (Phi) is 5.63. The second-order valence-corrected chi connectivity index (χ2v) is 8.18. The Balaban J connectivity index is 2.38. The number of benzene rings is 2. The molecule has 0 saturated heterocycles. The lowest BCUT2D eigenvalue weighted by atomic mass is 10.2. The molecule has 0 unspecified atom stereocenters. The van der Waals surface area contributed by atoms with Crippen LogP contribution in [0.5, 0.6) is 5.75 Å². The molecule has 0 bridgehead atoms. The number of nitrogens with one attached hydrogen (secondary N) is 1. The Bertz CT molecular complexity index is 849. The van der Waals surface area contributed by atoms with E-state index in [0.717, 1.165) is 8.78 Å². The number of carbonyl (C=O) groups is 1. The van der Waals surface area contributed by atoms with Crippen molar-refractivity contribution in [1.82, 2.24) is 4.31 Å². The van der Waals surface area contributed by atoms with E-state index in [1.165, 1.54) is 39.4 Å². The van der Waals surface area contributed by atoms with Gasteiger partial charge in [-0.15, -0.1) is 0 Å². The molecular weight excluding hydrogens is 396 g/mol. The molecule has 0 aliphatic rings. The standard InChI is InChI=1S/C16H17BrN2O4S/c1-19(2)24(21,22)13-8-9-15(23-3)14(10-13)18-16(20)11-4-6-12(17)7-5-11/h4-10H,1-3H3,(H,18,20). The normalized spacial score (nSPS) is 11.4. The monoisotopic (exact) mass is 412 g/mol. The van der Waals surface area contributed by atoms with Gasteiger partial charge in [-0.2, -0.15) is 0 Å². The molecule has 6 nitrogen and oxygen atoms in total. The Hall–Kier alpha value is -1.90. The summed E-state index contributed by atoms with van der Waals surface area (Å²) in [6.45, 7) is 0. The van der Waals surface area contributed by atoms with Crippen molar-refractivity contribution in [3.8, 4) is 5.75 Å². The Morgan fingerprint density at radius 2 is 1.75 bits per heavy atom. The number of hydrogen-bond acceptors (Lipinski definition) is 4. The lowest BCUT2D eigenvalue weighted by Gasteiger charge is -2.15. The van der Waals surface area contributed by atoms with E-state index in [0.29, 0.717) is 11.3 Å². The zero-order chi connectivity index (χ0) is 17.9. The fourth-order valence-electron chi connectivity index (χ4n) is 1.95. The number of hydrogen-bond donors (Lipinski definition) is 1. The molecule has 0 aliphatic carbocycles. The molecule has 2 aromatic rings. The highest BCUT2D eigenvalue weighted by molar-refractivity contribution is 9.10. The number of methoxy groups -OCH3 is 1. The zero-order valence-electron chi connectivity index (χ0n) is 13.4. The first-order chi connectivity index (χ1) is 11.3. The van der Waals surface area contributed by atoms with E-state index < -0.39 is 10.0 Å². The van der Waals surface area contributed by atoms with Gasteiger partial charge < -0.3 is 10.1 Å². The molecule has 24 heavy (non-hydrogen) atoms. The van der Waals surface area contributed by atoms with E-state index in [2.05, 4.69) is 21.2 Å². The molecule has 0 heterocycles. The van der Waals surface area contributed by atoms with Crippen molar-refractivity contribution in [3.63, 3.8) is 0 Å². The minimum Gasteiger partial charge on any atom is -0.495 e. The maximum Gasteiger partial charge on any atom is 0.255 e. The van der Waals surface area contributed by atoms with Gasteiger partial charge in [-0.05, 0) is 42.5 Å². The Morgan fingerprint density at radius 3 is 2.29 bits per heavy atom. The molecular formula is C16H17BrN2O4S. The summed E-state index contributed by atoms with van der Waals surface area (Å²) < 4.78 is 31.7. The number of carbonyl (C=O) groups excluding carboxylic acids is 1. The van der Waals surface area contributed by atoms with Gasteiger partial charge in [0.2, 0.25) is 10.0 Å². The number of amides is 1. The minimum absolute atomic E-state index is 0.0689. The lowest BCUT2D eigenvalue weighted by Crippen LogP contribution is -2.22. The number of rotatable bonds is 5. The molecule has 0 fully saturated rings. The van der Waals surface area contributed by atoms with E-state index >= 15 is 0 Å². The summed E-state index contributed by atoms with van der Waals surface area (Å²) in [7, 11) is 0.727. The van der Waals surface area contributed by atoms with Crippen LogP contribution in [-0.4, -0.2) is 39.8 Å². The van der Waals surface area contributed by atoms with E-state index in [-0.39, 0.29) is 16.5 Å². The summed E-state index contributed by atoms with van der Waals surface area (Å²) in [6, 6.07) is 11.1. The maximum atomic E-state index is 12.3. The van der Waals surface area contributed by atoms with Crippen LogP contribution in [0.15, 0.2) is 51.8 Å². The van der Waals surface area contributed by atoms with Gasteiger partial charge in [-0.25, -0.2) is 12.7 Å². The van der Waals surface area contributed by atoms with E-state index in [1.807, 2.05) is 0 Å². The molecule has 2 aromatic carbocycles. The van der Waals surface area contributed by atoms with Crippen molar-refractivity contribution in [3.05, 3.63) is 52.5 Å². The smallest absolute Gasteiger partial charge is 0.255 e. The van der Waals surface area contributed by atoms with Crippen LogP contribution in [0.1, 0.15) is 10.4 Å². The number of nitrogens with zero attached hydrogens (tertiary/aromatic N) is 1. The van der Waals surface area contributed by atoms with Gasteiger partial charge in [0.05, 0.1) is 17.7 Å². The third-order valence-corrected chi connectivity index (χ3v) is 5.64. The quantitative estimate of drug-likeness (QED) is 0.818. The second kappa shape index (κ2) is 7.33. The largest absolute Gasteiger partial charge is 0.495 e. The predicted molar refractivity (Wildman–Crippen MR) is 96.0 cm³/mol. The molecule has 1 N–H and O–H groups in total. The minimum atomic E-state index is -3.61. The first-order valence-electron chi connectivity index (χ1n) is 6.93. The van der Waals surface area contributed by atoms with Crippen LogP contribution in [0.2, 0.25) is 0 Å². The van der Waals surface area contributed by atoms with Gasteiger partial charge in [0.15, 0.2) is 0 Å². The molecule has 0 aliphatic heterocycles. The number of sulfonamides is 1. The van der Waals surface area contributed by atoms with Crippen LogP contribution in [0.3, 0.4) is 0 Å². The van der Waals surface area contributed by atoms with Crippen LogP contribution >= 0.6 is 15.9 Å². The van der Waals surface area contributed by atoms with Crippen molar-refractivity contribution in [2.45, 2.75) is 4.90 Å². The molecule has 2 rings (SSSR count). The predicted octanol–water partition coefficient (Wildman–Crippen LogP) is 2.96. The number of ether oxygens (including phenoxy) is 1. The van der Waals surface area contributed by atoms with Gasteiger partial charge in [-0.1, -0.05) is 15.9 Å². The van der Waals surface area contributed by atoms with Crippen LogP contribution in [-0.2, 0) is 10.0 Å². The second-order valence-electron chi connectivity index (χ2n) is 5.11. The summed E-state index contributed by atoms with van der Waals surface area (Å²) in [6.07, 6.45) is 0. The zero-order valence-corrected chi connectivity index (χ0v) is 15.8. The number of anilines is 1. The molecule has 0 aromatic heterocycles. The molecule has 128 valence electrons. The lowest BCUT2D eigenvalue weighted by molar-refractivity contribution is 0.102. The van der Waals surface area contributed by atoms with Crippen molar-refractivity contribution < 1.29 is 17.9 Å². The van der Waals surface area contributed by atoms with E-state index in [4.69, 9.17) is 4.74 Å². The highest BCUT2D eigenvalue weighted by Gasteiger charge is 2.20. The fourth-order valence-corrected chi connectivity index (χ4v) is 3.14.